The summed E-state index contributed by atoms with van der Waals surface area (Å²) in [6.07, 6.45) is 1.72. The summed E-state index contributed by atoms with van der Waals surface area (Å²) in [6.45, 7) is 6.78. The van der Waals surface area contributed by atoms with Gasteiger partial charge in [-0.3, -0.25) is 9.89 Å². The van der Waals surface area contributed by atoms with Crippen LogP contribution in [0.4, 0.5) is 0 Å². The third-order valence-electron chi connectivity index (χ3n) is 3.79. The maximum atomic E-state index is 12.6. The summed E-state index contributed by atoms with van der Waals surface area (Å²) in [5.41, 5.74) is 2.15. The molecule has 0 fully saturated rings. The van der Waals surface area contributed by atoms with E-state index in [9.17, 15) is 4.79 Å². The molecule has 0 bridgehead atoms. The van der Waals surface area contributed by atoms with Crippen LogP contribution in [0.15, 0.2) is 54.2 Å². The minimum Gasteiger partial charge on any atom is -0.333 e. The quantitative estimate of drug-likeness (QED) is 0.421. The van der Waals surface area contributed by atoms with Crippen LogP contribution in [-0.2, 0) is 11.3 Å². The third-order valence-corrected chi connectivity index (χ3v) is 5.84. The van der Waals surface area contributed by atoms with Crippen LogP contribution in [0.5, 0.6) is 0 Å². The lowest BCUT2D eigenvalue weighted by Gasteiger charge is -2.19. The number of H-pyrrole nitrogens is 1. The number of hydrogen-bond donors (Lipinski definition) is 1. The molecule has 1 amide bonds. The van der Waals surface area contributed by atoms with Gasteiger partial charge < -0.3 is 4.90 Å². The number of amides is 1. The first kappa shape index (κ1) is 19.7. The first-order valence-corrected chi connectivity index (χ1v) is 10.5. The van der Waals surface area contributed by atoms with E-state index in [0.717, 1.165) is 14.8 Å². The van der Waals surface area contributed by atoms with Crippen molar-refractivity contribution in [2.24, 2.45) is 0 Å². The van der Waals surface area contributed by atoms with Gasteiger partial charge in [-0.2, -0.15) is 0 Å². The van der Waals surface area contributed by atoms with Crippen LogP contribution in [0.1, 0.15) is 10.4 Å². The van der Waals surface area contributed by atoms with Crippen LogP contribution in [0, 0.1) is 6.92 Å². The SMILES string of the molecule is C=CCN(Cc1ccc(Cl)s1)C(=O)CSc1n[nH]c(-c2ccc(C)cc2)n1. The average molecular weight is 419 g/mol. The molecular formula is C19H19ClN4OS2. The van der Waals surface area contributed by atoms with Gasteiger partial charge in [0.1, 0.15) is 0 Å². The van der Waals surface area contributed by atoms with E-state index in [1.54, 1.807) is 11.0 Å². The number of rotatable bonds is 8. The second-order valence-electron chi connectivity index (χ2n) is 5.89. The molecule has 0 aliphatic rings. The molecule has 0 atom stereocenters. The average Bonchev–Trinajstić information content (AvgIpc) is 3.29. The Hall–Kier alpha value is -2.09. The van der Waals surface area contributed by atoms with Crippen molar-refractivity contribution in [2.45, 2.75) is 18.6 Å². The number of aromatic nitrogens is 3. The van der Waals surface area contributed by atoms with E-state index >= 15 is 0 Å². The van der Waals surface area contributed by atoms with Crippen molar-refractivity contribution in [3.8, 4) is 11.4 Å². The van der Waals surface area contributed by atoms with Crippen molar-refractivity contribution in [1.29, 1.82) is 0 Å². The third kappa shape index (κ3) is 5.45. The Kier molecular flexibility index (Phi) is 6.71. The minimum absolute atomic E-state index is 0.00566. The molecule has 0 aliphatic carbocycles. The fourth-order valence-electron chi connectivity index (χ4n) is 2.40. The monoisotopic (exact) mass is 418 g/mol. The van der Waals surface area contributed by atoms with Gasteiger partial charge >= 0.3 is 0 Å². The van der Waals surface area contributed by atoms with E-state index in [1.807, 2.05) is 43.3 Å². The molecule has 8 heteroatoms. The van der Waals surface area contributed by atoms with Gasteiger partial charge in [0, 0.05) is 17.0 Å². The van der Waals surface area contributed by atoms with Gasteiger partial charge in [-0.1, -0.05) is 59.3 Å². The van der Waals surface area contributed by atoms with Crippen LogP contribution in [0.3, 0.4) is 0 Å². The van der Waals surface area contributed by atoms with Gasteiger partial charge in [0.25, 0.3) is 0 Å². The molecular weight excluding hydrogens is 400 g/mol. The highest BCUT2D eigenvalue weighted by atomic mass is 35.5. The molecule has 0 saturated carbocycles. The number of thiophene rings is 1. The first-order valence-electron chi connectivity index (χ1n) is 8.30. The summed E-state index contributed by atoms with van der Waals surface area (Å²) in [6, 6.07) is 11.8. The van der Waals surface area contributed by atoms with Gasteiger partial charge in [0.05, 0.1) is 16.6 Å². The van der Waals surface area contributed by atoms with Crippen LogP contribution >= 0.6 is 34.7 Å². The predicted molar refractivity (Wildman–Crippen MR) is 112 cm³/mol. The molecule has 3 rings (SSSR count). The second-order valence-corrected chi connectivity index (χ2v) is 8.63. The maximum Gasteiger partial charge on any atom is 0.233 e. The van der Waals surface area contributed by atoms with Gasteiger partial charge in [0.2, 0.25) is 11.1 Å². The number of aromatic amines is 1. The summed E-state index contributed by atoms with van der Waals surface area (Å²) < 4.78 is 0.717. The molecule has 0 saturated heterocycles. The van der Waals surface area contributed by atoms with Gasteiger partial charge in [-0.15, -0.1) is 23.0 Å². The van der Waals surface area contributed by atoms with Crippen LogP contribution in [0.2, 0.25) is 4.34 Å². The van der Waals surface area contributed by atoms with Crippen LogP contribution in [-0.4, -0.2) is 38.3 Å². The Morgan fingerprint density at radius 1 is 1.33 bits per heavy atom. The maximum absolute atomic E-state index is 12.6. The summed E-state index contributed by atoms with van der Waals surface area (Å²) in [5.74, 6) is 0.963. The van der Waals surface area contributed by atoms with E-state index in [2.05, 4.69) is 21.8 Å². The number of benzene rings is 1. The van der Waals surface area contributed by atoms with Crippen molar-refractivity contribution >= 4 is 40.6 Å². The molecule has 5 nitrogen and oxygen atoms in total. The predicted octanol–water partition coefficient (Wildman–Crippen LogP) is 4.80. The number of halogens is 1. The lowest BCUT2D eigenvalue weighted by molar-refractivity contribution is -0.128. The molecule has 0 unspecified atom stereocenters. The zero-order chi connectivity index (χ0) is 19.2. The molecule has 0 radical (unpaired) electrons. The first-order chi connectivity index (χ1) is 13.0. The Morgan fingerprint density at radius 3 is 2.78 bits per heavy atom. The number of aryl methyl sites for hydroxylation is 1. The fourth-order valence-corrected chi connectivity index (χ4v) is 4.21. The minimum atomic E-state index is 0.00566. The van der Waals surface area contributed by atoms with E-state index in [0.29, 0.717) is 24.1 Å². The Morgan fingerprint density at radius 2 is 2.11 bits per heavy atom. The Labute approximate surface area is 171 Å². The molecule has 0 aliphatic heterocycles. The smallest absolute Gasteiger partial charge is 0.233 e. The van der Waals surface area contributed by atoms with Crippen molar-refractivity contribution in [2.75, 3.05) is 12.3 Å². The van der Waals surface area contributed by atoms with Crippen molar-refractivity contribution < 1.29 is 4.79 Å². The van der Waals surface area contributed by atoms with E-state index in [4.69, 9.17) is 11.6 Å². The van der Waals surface area contributed by atoms with Crippen LogP contribution in [0.25, 0.3) is 11.4 Å². The molecule has 1 aromatic carbocycles. The Balaban J connectivity index is 1.60. The highest BCUT2D eigenvalue weighted by molar-refractivity contribution is 7.99. The normalized spacial score (nSPS) is 10.7. The van der Waals surface area contributed by atoms with E-state index in [-0.39, 0.29) is 11.7 Å². The van der Waals surface area contributed by atoms with Gasteiger partial charge in [0.15, 0.2) is 5.82 Å². The largest absolute Gasteiger partial charge is 0.333 e. The number of carbonyl (C=O) groups excluding carboxylic acids is 1. The molecule has 0 spiro atoms. The summed E-state index contributed by atoms with van der Waals surface area (Å²) in [7, 11) is 0. The standard InChI is InChI=1S/C19H19ClN4OS2/c1-3-10-24(11-15-8-9-16(20)27-15)17(25)12-26-19-21-18(22-23-19)14-6-4-13(2)5-7-14/h3-9H,1,10-12H2,2H3,(H,21,22,23). The number of carbonyl (C=O) groups is 1. The lowest BCUT2D eigenvalue weighted by atomic mass is 10.1. The molecule has 2 heterocycles. The summed E-state index contributed by atoms with van der Waals surface area (Å²) in [5, 5.41) is 7.68. The summed E-state index contributed by atoms with van der Waals surface area (Å²) in [4.78, 5) is 19.8. The highest BCUT2D eigenvalue weighted by Crippen LogP contribution is 2.24. The van der Waals surface area contributed by atoms with Gasteiger partial charge in [-0.25, -0.2) is 4.98 Å². The van der Waals surface area contributed by atoms with E-state index < -0.39 is 0 Å². The topological polar surface area (TPSA) is 61.9 Å². The van der Waals surface area contributed by atoms with E-state index in [1.165, 1.54) is 28.7 Å². The zero-order valence-corrected chi connectivity index (χ0v) is 17.2. The molecule has 140 valence electrons. The molecule has 1 N–H and O–H groups in total. The highest BCUT2D eigenvalue weighted by Gasteiger charge is 2.16. The van der Waals surface area contributed by atoms with Crippen LogP contribution < -0.4 is 0 Å². The van der Waals surface area contributed by atoms with Crippen molar-refractivity contribution in [3.63, 3.8) is 0 Å². The molecule has 27 heavy (non-hydrogen) atoms. The summed E-state index contributed by atoms with van der Waals surface area (Å²) >= 11 is 8.77. The number of nitrogens with one attached hydrogen (secondary N) is 1. The Bertz CT molecular complexity index is 920. The number of thioether (sulfide) groups is 1. The fraction of sp³-hybridized carbons (Fsp3) is 0.211. The molecule has 2 aromatic heterocycles. The lowest BCUT2D eigenvalue weighted by Crippen LogP contribution is -2.31. The molecule has 3 aromatic rings. The number of hydrogen-bond acceptors (Lipinski definition) is 5. The van der Waals surface area contributed by atoms with Gasteiger partial charge in [-0.05, 0) is 19.1 Å². The van der Waals surface area contributed by atoms with Crippen molar-refractivity contribution in [3.05, 3.63) is 63.8 Å². The zero-order valence-electron chi connectivity index (χ0n) is 14.8. The van der Waals surface area contributed by atoms with Crippen molar-refractivity contribution in [1.82, 2.24) is 20.1 Å². The second kappa shape index (κ2) is 9.21. The number of nitrogens with zero attached hydrogens (tertiary/aromatic N) is 3.